The number of hydrogen-bond acceptors (Lipinski definition) is 2. The molecule has 1 aliphatic carbocycles. The molecule has 0 spiro atoms. The van der Waals surface area contributed by atoms with E-state index < -0.39 is 0 Å². The Labute approximate surface area is 97.6 Å². The Morgan fingerprint density at radius 3 is 3.12 bits per heavy atom. The highest BCUT2D eigenvalue weighted by molar-refractivity contribution is 5.39. The summed E-state index contributed by atoms with van der Waals surface area (Å²) in [5, 5.41) is 3.69. The van der Waals surface area contributed by atoms with Gasteiger partial charge in [0.05, 0.1) is 0 Å². The van der Waals surface area contributed by atoms with Gasteiger partial charge in [-0.05, 0) is 43.5 Å². The zero-order chi connectivity index (χ0) is 11.1. The summed E-state index contributed by atoms with van der Waals surface area (Å²) < 4.78 is 0. The van der Waals surface area contributed by atoms with Gasteiger partial charge in [-0.15, -0.1) is 0 Å². The van der Waals surface area contributed by atoms with Crippen LogP contribution in [0.4, 0.5) is 0 Å². The molecule has 1 aliphatic heterocycles. The molecule has 0 radical (unpaired) electrons. The van der Waals surface area contributed by atoms with Crippen LogP contribution in [0.5, 0.6) is 0 Å². The Morgan fingerprint density at radius 2 is 2.25 bits per heavy atom. The Kier molecular flexibility index (Phi) is 2.49. The molecule has 16 heavy (non-hydrogen) atoms. The number of fused-ring (bicyclic) bond motifs is 3. The fraction of sp³-hybridized carbons (Fsp3) is 0.571. The SMILES string of the molecule is Cc1cccc2c1CCC1C2NCCN1C. The lowest BCUT2D eigenvalue weighted by Crippen LogP contribution is -2.53. The van der Waals surface area contributed by atoms with Crippen molar-refractivity contribution in [2.75, 3.05) is 20.1 Å². The maximum atomic E-state index is 3.69. The van der Waals surface area contributed by atoms with E-state index in [2.05, 4.69) is 42.4 Å². The first-order valence-electron chi connectivity index (χ1n) is 6.29. The maximum Gasteiger partial charge on any atom is 0.0481 e. The van der Waals surface area contributed by atoms with Crippen LogP contribution in [-0.4, -0.2) is 31.1 Å². The Hall–Kier alpha value is -0.860. The molecule has 1 aromatic carbocycles. The van der Waals surface area contributed by atoms with E-state index >= 15 is 0 Å². The second-order valence-corrected chi connectivity index (χ2v) is 5.16. The number of nitrogens with one attached hydrogen (secondary N) is 1. The van der Waals surface area contributed by atoms with Gasteiger partial charge >= 0.3 is 0 Å². The molecule has 1 N–H and O–H groups in total. The number of aryl methyl sites for hydroxylation is 1. The average molecular weight is 216 g/mol. The fourth-order valence-electron chi connectivity index (χ4n) is 3.31. The number of rotatable bonds is 0. The van der Waals surface area contributed by atoms with Crippen LogP contribution >= 0.6 is 0 Å². The smallest absolute Gasteiger partial charge is 0.0481 e. The summed E-state index contributed by atoms with van der Waals surface area (Å²) in [6, 6.07) is 8.01. The molecular weight excluding hydrogens is 196 g/mol. The highest BCUT2D eigenvalue weighted by Crippen LogP contribution is 2.35. The van der Waals surface area contributed by atoms with Crippen LogP contribution in [0.15, 0.2) is 18.2 Å². The van der Waals surface area contributed by atoms with Crippen LogP contribution < -0.4 is 5.32 Å². The summed E-state index contributed by atoms with van der Waals surface area (Å²) >= 11 is 0. The Balaban J connectivity index is 2.02. The van der Waals surface area contributed by atoms with Gasteiger partial charge in [0.25, 0.3) is 0 Å². The van der Waals surface area contributed by atoms with Crippen molar-refractivity contribution in [3.8, 4) is 0 Å². The molecule has 1 saturated heterocycles. The van der Waals surface area contributed by atoms with Gasteiger partial charge in [0.1, 0.15) is 0 Å². The van der Waals surface area contributed by atoms with E-state index in [1.54, 1.807) is 11.1 Å². The third-order valence-corrected chi connectivity index (χ3v) is 4.25. The minimum atomic E-state index is 0.558. The first-order chi connectivity index (χ1) is 7.77. The van der Waals surface area contributed by atoms with Crippen molar-refractivity contribution < 1.29 is 0 Å². The van der Waals surface area contributed by atoms with Crippen molar-refractivity contribution in [1.82, 2.24) is 10.2 Å². The average Bonchev–Trinajstić information content (AvgIpc) is 2.30. The zero-order valence-corrected chi connectivity index (χ0v) is 10.2. The molecule has 1 fully saturated rings. The second kappa shape index (κ2) is 3.86. The number of benzene rings is 1. The van der Waals surface area contributed by atoms with Crippen LogP contribution in [0.2, 0.25) is 0 Å². The van der Waals surface area contributed by atoms with E-state index in [1.807, 2.05) is 0 Å². The summed E-state index contributed by atoms with van der Waals surface area (Å²) in [7, 11) is 2.26. The third kappa shape index (κ3) is 1.48. The van der Waals surface area contributed by atoms with E-state index in [0.717, 1.165) is 6.54 Å². The van der Waals surface area contributed by atoms with E-state index in [1.165, 1.54) is 24.9 Å². The summed E-state index contributed by atoms with van der Waals surface area (Å²) in [4.78, 5) is 2.52. The summed E-state index contributed by atoms with van der Waals surface area (Å²) in [6.07, 6.45) is 2.54. The molecule has 2 nitrogen and oxygen atoms in total. The topological polar surface area (TPSA) is 15.3 Å². The Bertz CT molecular complexity index is 400. The van der Waals surface area contributed by atoms with Crippen LogP contribution in [-0.2, 0) is 6.42 Å². The molecule has 0 aromatic heterocycles. The van der Waals surface area contributed by atoms with Crippen LogP contribution in [0, 0.1) is 6.92 Å². The van der Waals surface area contributed by atoms with Gasteiger partial charge < -0.3 is 10.2 Å². The molecule has 0 bridgehead atoms. The Morgan fingerprint density at radius 1 is 1.38 bits per heavy atom. The van der Waals surface area contributed by atoms with Crippen LogP contribution in [0.1, 0.15) is 29.2 Å². The van der Waals surface area contributed by atoms with E-state index in [0.29, 0.717) is 12.1 Å². The van der Waals surface area contributed by atoms with Gasteiger partial charge in [-0.3, -0.25) is 0 Å². The number of nitrogens with zero attached hydrogens (tertiary/aromatic N) is 1. The van der Waals surface area contributed by atoms with Gasteiger partial charge in [-0.2, -0.15) is 0 Å². The van der Waals surface area contributed by atoms with Gasteiger partial charge in [0.2, 0.25) is 0 Å². The first kappa shape index (κ1) is 10.3. The van der Waals surface area contributed by atoms with Gasteiger partial charge in [-0.25, -0.2) is 0 Å². The fourth-order valence-corrected chi connectivity index (χ4v) is 3.31. The minimum absolute atomic E-state index is 0.558. The molecule has 86 valence electrons. The van der Waals surface area contributed by atoms with Crippen molar-refractivity contribution in [2.24, 2.45) is 0 Å². The summed E-state index contributed by atoms with van der Waals surface area (Å²) in [6.45, 7) is 4.54. The highest BCUT2D eigenvalue weighted by Gasteiger charge is 2.34. The van der Waals surface area contributed by atoms with Crippen molar-refractivity contribution in [3.63, 3.8) is 0 Å². The predicted molar refractivity (Wildman–Crippen MR) is 66.7 cm³/mol. The molecule has 0 saturated carbocycles. The first-order valence-corrected chi connectivity index (χ1v) is 6.29. The third-order valence-electron chi connectivity index (χ3n) is 4.25. The summed E-state index contributed by atoms with van der Waals surface area (Å²) in [5.41, 5.74) is 4.60. The molecule has 1 heterocycles. The molecule has 2 aliphatic rings. The largest absolute Gasteiger partial charge is 0.307 e. The molecule has 0 amide bonds. The minimum Gasteiger partial charge on any atom is -0.307 e. The molecule has 1 aromatic rings. The highest BCUT2D eigenvalue weighted by atomic mass is 15.2. The lowest BCUT2D eigenvalue weighted by molar-refractivity contribution is 0.134. The van der Waals surface area contributed by atoms with E-state index in [-0.39, 0.29) is 0 Å². The molecule has 2 heteroatoms. The van der Waals surface area contributed by atoms with Gasteiger partial charge in [-0.1, -0.05) is 18.2 Å². The monoisotopic (exact) mass is 216 g/mol. The van der Waals surface area contributed by atoms with Crippen molar-refractivity contribution in [3.05, 3.63) is 34.9 Å². The zero-order valence-electron chi connectivity index (χ0n) is 10.2. The normalized spacial score (nSPS) is 29.6. The van der Waals surface area contributed by atoms with Crippen molar-refractivity contribution >= 4 is 0 Å². The molecular formula is C14H20N2. The molecule has 2 atom stereocenters. The van der Waals surface area contributed by atoms with Gasteiger partial charge in [0.15, 0.2) is 0 Å². The van der Waals surface area contributed by atoms with Gasteiger partial charge in [0, 0.05) is 25.2 Å². The number of piperazine rings is 1. The van der Waals surface area contributed by atoms with Crippen molar-refractivity contribution in [1.29, 1.82) is 0 Å². The van der Waals surface area contributed by atoms with Crippen LogP contribution in [0.25, 0.3) is 0 Å². The predicted octanol–water partition coefficient (Wildman–Crippen LogP) is 1.89. The van der Waals surface area contributed by atoms with Crippen LogP contribution in [0.3, 0.4) is 0 Å². The number of hydrogen-bond donors (Lipinski definition) is 1. The quantitative estimate of drug-likeness (QED) is 0.712. The second-order valence-electron chi connectivity index (χ2n) is 5.16. The maximum absolute atomic E-state index is 3.69. The lowest BCUT2D eigenvalue weighted by Gasteiger charge is -2.44. The molecule has 2 unspecified atom stereocenters. The standard InChI is InChI=1S/C14H20N2/c1-10-4-3-5-12-11(10)6-7-13-14(12)15-8-9-16(13)2/h3-5,13-15H,6-9H2,1-2H3. The number of likely N-dealkylation sites (N-methyl/N-ethyl adjacent to an activating group) is 1. The molecule has 3 rings (SSSR count). The van der Waals surface area contributed by atoms with E-state index in [4.69, 9.17) is 0 Å². The van der Waals surface area contributed by atoms with Crippen molar-refractivity contribution in [2.45, 2.75) is 31.8 Å². The van der Waals surface area contributed by atoms with E-state index in [9.17, 15) is 0 Å². The summed E-state index contributed by atoms with van der Waals surface area (Å²) in [5.74, 6) is 0. The lowest BCUT2D eigenvalue weighted by atomic mass is 9.80.